The van der Waals surface area contributed by atoms with Gasteiger partial charge in [0.15, 0.2) is 17.6 Å². The van der Waals surface area contributed by atoms with Crippen LogP contribution in [0.15, 0.2) is 47.6 Å². The van der Waals surface area contributed by atoms with Crippen molar-refractivity contribution in [2.75, 3.05) is 20.8 Å². The molecule has 0 spiro atoms. The van der Waals surface area contributed by atoms with Crippen molar-refractivity contribution in [2.45, 2.75) is 44.8 Å². The van der Waals surface area contributed by atoms with Gasteiger partial charge in [0.25, 0.3) is 0 Å². The van der Waals surface area contributed by atoms with Crippen molar-refractivity contribution in [3.63, 3.8) is 0 Å². The number of ether oxygens (including phenoxy) is 2. The summed E-state index contributed by atoms with van der Waals surface area (Å²) in [6.45, 7) is 0.595. The highest BCUT2D eigenvalue weighted by atomic mass is 19.1. The van der Waals surface area contributed by atoms with E-state index in [0.29, 0.717) is 30.0 Å². The Kier molecular flexibility index (Phi) is 6.93. The van der Waals surface area contributed by atoms with Gasteiger partial charge in [-0.3, -0.25) is 4.79 Å². The molecule has 1 aliphatic heterocycles. The molecule has 1 amide bonds. The number of halogens is 1. The molecule has 0 bridgehead atoms. The zero-order valence-corrected chi connectivity index (χ0v) is 18.6. The molecule has 1 aliphatic carbocycles. The van der Waals surface area contributed by atoms with Crippen molar-refractivity contribution < 1.29 is 23.5 Å². The topological polar surface area (TPSA) is 60.4 Å². The van der Waals surface area contributed by atoms with E-state index in [1.165, 1.54) is 6.07 Å². The second-order valence-corrected chi connectivity index (χ2v) is 8.33. The van der Waals surface area contributed by atoms with E-state index in [0.717, 1.165) is 37.0 Å². The average Bonchev–Trinajstić information content (AvgIpc) is 3.51. The molecule has 0 N–H and O–H groups in total. The lowest BCUT2D eigenvalue weighted by Crippen LogP contribution is -2.40. The van der Waals surface area contributed by atoms with E-state index in [9.17, 15) is 9.18 Å². The highest BCUT2D eigenvalue weighted by Gasteiger charge is 2.32. The van der Waals surface area contributed by atoms with Crippen LogP contribution < -0.4 is 9.47 Å². The van der Waals surface area contributed by atoms with Crippen LogP contribution in [0, 0.1) is 11.7 Å². The van der Waals surface area contributed by atoms with Gasteiger partial charge < -0.3 is 19.2 Å². The van der Waals surface area contributed by atoms with Crippen LogP contribution in [0.4, 0.5) is 4.39 Å². The first-order chi connectivity index (χ1) is 15.6. The smallest absolute Gasteiger partial charge is 0.226 e. The number of methoxy groups -OCH3 is 2. The molecule has 1 atom stereocenters. The van der Waals surface area contributed by atoms with Crippen LogP contribution in [-0.2, 0) is 16.2 Å². The molecule has 1 saturated carbocycles. The third kappa shape index (κ3) is 4.87. The number of hydrogen-bond donors (Lipinski definition) is 0. The summed E-state index contributed by atoms with van der Waals surface area (Å²) >= 11 is 0. The van der Waals surface area contributed by atoms with Gasteiger partial charge in [-0.25, -0.2) is 4.39 Å². The number of carbonyl (C=O) groups excluding carboxylic acids is 1. The Morgan fingerprint density at radius 3 is 2.59 bits per heavy atom. The molecule has 1 heterocycles. The normalized spacial score (nSPS) is 18.2. The molecule has 2 aromatic rings. The summed E-state index contributed by atoms with van der Waals surface area (Å²) in [5.41, 5.74) is 2.18. The predicted octanol–water partition coefficient (Wildman–Crippen LogP) is 4.55. The van der Waals surface area contributed by atoms with Gasteiger partial charge in [0.05, 0.1) is 26.5 Å². The summed E-state index contributed by atoms with van der Waals surface area (Å²) in [7, 11) is 3.18. The SMILES string of the molecule is COc1ccc(C2=NO[C@@H](CN(Cc3ccccc3F)C(=O)C3CCCC3)C2)cc1OC. The molecule has 2 aliphatic rings. The Balaban J connectivity index is 1.47. The molecular formula is C25H29FN2O4. The van der Waals surface area contributed by atoms with Crippen molar-refractivity contribution in [2.24, 2.45) is 11.1 Å². The van der Waals surface area contributed by atoms with E-state index in [2.05, 4.69) is 5.16 Å². The number of amides is 1. The second kappa shape index (κ2) is 10.0. The Morgan fingerprint density at radius 2 is 1.88 bits per heavy atom. The number of hydrogen-bond acceptors (Lipinski definition) is 5. The van der Waals surface area contributed by atoms with Gasteiger partial charge in [0.2, 0.25) is 5.91 Å². The summed E-state index contributed by atoms with van der Waals surface area (Å²) in [4.78, 5) is 20.7. The molecule has 4 rings (SSSR count). The Labute approximate surface area is 187 Å². The lowest BCUT2D eigenvalue weighted by atomic mass is 10.0. The number of nitrogens with zero attached hydrogens (tertiary/aromatic N) is 2. The third-order valence-corrected chi connectivity index (χ3v) is 6.21. The van der Waals surface area contributed by atoms with Gasteiger partial charge in [0.1, 0.15) is 5.82 Å². The minimum atomic E-state index is -0.300. The van der Waals surface area contributed by atoms with Crippen LogP contribution in [0.1, 0.15) is 43.2 Å². The zero-order chi connectivity index (χ0) is 22.5. The molecule has 1 fully saturated rings. The number of benzene rings is 2. The first-order valence-corrected chi connectivity index (χ1v) is 11.1. The summed E-state index contributed by atoms with van der Waals surface area (Å²) in [5, 5.41) is 4.26. The van der Waals surface area contributed by atoms with Crippen molar-refractivity contribution in [1.82, 2.24) is 4.90 Å². The molecular weight excluding hydrogens is 411 g/mol. The molecule has 170 valence electrons. The minimum Gasteiger partial charge on any atom is -0.493 e. The molecule has 0 aromatic heterocycles. The van der Waals surface area contributed by atoms with E-state index >= 15 is 0 Å². The van der Waals surface area contributed by atoms with Crippen molar-refractivity contribution >= 4 is 11.6 Å². The summed E-state index contributed by atoms with van der Waals surface area (Å²) in [6, 6.07) is 12.2. The monoisotopic (exact) mass is 440 g/mol. The predicted molar refractivity (Wildman–Crippen MR) is 119 cm³/mol. The first kappa shape index (κ1) is 22.1. The highest BCUT2D eigenvalue weighted by Crippen LogP contribution is 2.31. The van der Waals surface area contributed by atoms with Crippen molar-refractivity contribution in [3.05, 3.63) is 59.4 Å². The zero-order valence-electron chi connectivity index (χ0n) is 18.6. The quantitative estimate of drug-likeness (QED) is 0.604. The Bertz CT molecular complexity index is 988. The highest BCUT2D eigenvalue weighted by molar-refractivity contribution is 6.01. The third-order valence-electron chi connectivity index (χ3n) is 6.21. The fourth-order valence-corrected chi connectivity index (χ4v) is 4.45. The van der Waals surface area contributed by atoms with E-state index in [1.807, 2.05) is 18.2 Å². The van der Waals surface area contributed by atoms with E-state index in [1.54, 1.807) is 37.3 Å². The molecule has 2 aromatic carbocycles. The summed E-state index contributed by atoms with van der Waals surface area (Å²) < 4.78 is 25.0. The molecule has 0 radical (unpaired) electrons. The first-order valence-electron chi connectivity index (χ1n) is 11.1. The molecule has 6 nitrogen and oxygen atoms in total. The summed E-state index contributed by atoms with van der Waals surface area (Å²) in [5.74, 6) is 1.05. The maximum Gasteiger partial charge on any atom is 0.226 e. The van der Waals surface area contributed by atoms with E-state index in [4.69, 9.17) is 14.3 Å². The number of carbonyl (C=O) groups is 1. The lowest BCUT2D eigenvalue weighted by molar-refractivity contribution is -0.137. The largest absolute Gasteiger partial charge is 0.493 e. The van der Waals surface area contributed by atoms with E-state index < -0.39 is 0 Å². The van der Waals surface area contributed by atoms with Crippen molar-refractivity contribution in [1.29, 1.82) is 0 Å². The lowest BCUT2D eigenvalue weighted by Gasteiger charge is -2.27. The fraction of sp³-hybridized carbons (Fsp3) is 0.440. The van der Waals surface area contributed by atoms with Crippen LogP contribution in [0.2, 0.25) is 0 Å². The Morgan fingerprint density at radius 1 is 1.12 bits per heavy atom. The van der Waals surface area contributed by atoms with Gasteiger partial charge >= 0.3 is 0 Å². The van der Waals surface area contributed by atoms with Crippen LogP contribution in [0.25, 0.3) is 0 Å². The van der Waals surface area contributed by atoms with Gasteiger partial charge in [-0.1, -0.05) is 36.2 Å². The van der Waals surface area contributed by atoms with Gasteiger partial charge in [-0.05, 0) is 37.1 Å². The average molecular weight is 441 g/mol. The van der Waals surface area contributed by atoms with Gasteiger partial charge in [-0.2, -0.15) is 0 Å². The van der Waals surface area contributed by atoms with Crippen molar-refractivity contribution in [3.8, 4) is 11.5 Å². The van der Waals surface area contributed by atoms with E-state index in [-0.39, 0.29) is 30.3 Å². The maximum atomic E-state index is 14.3. The number of rotatable bonds is 8. The minimum absolute atomic E-state index is 0.00872. The molecule has 32 heavy (non-hydrogen) atoms. The van der Waals surface area contributed by atoms with Crippen LogP contribution >= 0.6 is 0 Å². The maximum absolute atomic E-state index is 14.3. The van der Waals surface area contributed by atoms with Crippen LogP contribution in [-0.4, -0.2) is 43.4 Å². The molecule has 7 heteroatoms. The second-order valence-electron chi connectivity index (χ2n) is 8.33. The standard InChI is InChI=1S/C25H29FN2O4/c1-30-23-12-11-18(13-24(23)31-2)22-14-20(32-27-22)16-28(25(29)17-7-3-4-8-17)15-19-9-5-6-10-21(19)26/h5-6,9-13,17,20H,3-4,7-8,14-16H2,1-2H3/t20-/m1/s1. The Hall–Kier alpha value is -3.09. The van der Waals surface area contributed by atoms with Gasteiger partial charge in [0, 0.05) is 30.0 Å². The fourth-order valence-electron chi connectivity index (χ4n) is 4.45. The van der Waals surface area contributed by atoms with Crippen LogP contribution in [0.3, 0.4) is 0 Å². The molecule has 0 saturated heterocycles. The number of oxime groups is 1. The summed E-state index contributed by atoms with van der Waals surface area (Å²) in [6.07, 6.45) is 4.20. The van der Waals surface area contributed by atoms with Gasteiger partial charge in [-0.15, -0.1) is 0 Å². The van der Waals surface area contributed by atoms with Crippen LogP contribution in [0.5, 0.6) is 11.5 Å². The molecule has 0 unspecified atom stereocenters.